The Morgan fingerprint density at radius 1 is 1.57 bits per heavy atom. The maximum absolute atomic E-state index is 11.3. The van der Waals surface area contributed by atoms with Crippen molar-refractivity contribution in [2.75, 3.05) is 6.26 Å². The van der Waals surface area contributed by atoms with Crippen LogP contribution in [0.3, 0.4) is 0 Å². The van der Waals surface area contributed by atoms with E-state index in [9.17, 15) is 8.42 Å². The molecule has 78 valence electrons. The molecule has 0 aliphatic rings. The average Bonchev–Trinajstić information content (AvgIpc) is 1.99. The van der Waals surface area contributed by atoms with Crippen molar-refractivity contribution in [2.45, 2.75) is 19.1 Å². The zero-order chi connectivity index (χ0) is 10.9. The van der Waals surface area contributed by atoms with Crippen LogP contribution in [0.4, 0.5) is 0 Å². The largest absolute Gasteiger partial charge is 0.346 e. The van der Waals surface area contributed by atoms with Gasteiger partial charge in [0.05, 0.1) is 0 Å². The van der Waals surface area contributed by atoms with Crippen molar-refractivity contribution in [2.24, 2.45) is 0 Å². The number of rotatable bonds is 2. The molecule has 0 fully saturated rings. The lowest BCUT2D eigenvalue weighted by molar-refractivity contribution is 0.589. The number of aryl methyl sites for hydroxylation is 1. The van der Waals surface area contributed by atoms with E-state index in [2.05, 4.69) is 9.97 Å². The normalized spacial score (nSPS) is 13.9. The van der Waals surface area contributed by atoms with Gasteiger partial charge in [0.15, 0.2) is 9.84 Å². The Labute approximate surface area is 88.3 Å². The van der Waals surface area contributed by atoms with E-state index in [4.69, 9.17) is 12.2 Å². The Hall–Kier alpha value is -0.750. The van der Waals surface area contributed by atoms with Gasteiger partial charge in [0, 0.05) is 11.9 Å². The number of hydrogen-bond donors (Lipinski definition) is 1. The molecule has 0 aliphatic carbocycles. The Bertz CT molecular complexity index is 490. The minimum absolute atomic E-state index is 0.400. The topological polar surface area (TPSA) is 62.8 Å². The SMILES string of the molecule is Cc1cc(=S)nc(C(C)S(C)(=O)=O)[nH]1. The molecular formula is C8H12N2O2S2. The second kappa shape index (κ2) is 3.78. The molecule has 1 rings (SSSR count). The Morgan fingerprint density at radius 3 is 2.57 bits per heavy atom. The van der Waals surface area contributed by atoms with Crippen LogP contribution in [0, 0.1) is 11.6 Å². The molecular weight excluding hydrogens is 220 g/mol. The first kappa shape index (κ1) is 11.3. The van der Waals surface area contributed by atoms with Crippen molar-refractivity contribution >= 4 is 22.1 Å². The summed E-state index contributed by atoms with van der Waals surface area (Å²) in [5.41, 5.74) is 0.815. The standard InChI is InChI=1S/C8H12N2O2S2/c1-5-4-7(13)10-8(9-5)6(2)14(3,11)12/h4,6H,1-3H3,(H,9,10,13). The van der Waals surface area contributed by atoms with E-state index in [0.717, 1.165) is 5.69 Å². The van der Waals surface area contributed by atoms with Crippen LogP contribution in [0.1, 0.15) is 23.7 Å². The fourth-order valence-electron chi connectivity index (χ4n) is 0.998. The number of aromatic amines is 1. The molecule has 0 radical (unpaired) electrons. The van der Waals surface area contributed by atoms with Gasteiger partial charge < -0.3 is 4.98 Å². The molecule has 0 saturated carbocycles. The summed E-state index contributed by atoms with van der Waals surface area (Å²) in [6.07, 6.45) is 1.18. The Kier molecular flexibility index (Phi) is 3.06. The monoisotopic (exact) mass is 232 g/mol. The third-order valence-corrected chi connectivity index (χ3v) is 3.64. The predicted octanol–water partition coefficient (Wildman–Crippen LogP) is 1.55. The highest BCUT2D eigenvalue weighted by Crippen LogP contribution is 2.16. The minimum Gasteiger partial charge on any atom is -0.346 e. The number of H-pyrrole nitrogens is 1. The second-order valence-electron chi connectivity index (χ2n) is 3.26. The minimum atomic E-state index is -3.13. The van der Waals surface area contributed by atoms with Gasteiger partial charge in [-0.25, -0.2) is 13.4 Å². The lowest BCUT2D eigenvalue weighted by Crippen LogP contribution is -2.12. The highest BCUT2D eigenvalue weighted by molar-refractivity contribution is 7.90. The third kappa shape index (κ3) is 2.62. The zero-order valence-electron chi connectivity index (χ0n) is 8.23. The smallest absolute Gasteiger partial charge is 0.157 e. The molecule has 0 aromatic carbocycles. The van der Waals surface area contributed by atoms with Crippen molar-refractivity contribution in [1.82, 2.24) is 9.97 Å². The highest BCUT2D eigenvalue weighted by atomic mass is 32.2. The summed E-state index contributed by atoms with van der Waals surface area (Å²) in [6.45, 7) is 3.40. The third-order valence-electron chi connectivity index (χ3n) is 1.92. The van der Waals surface area contributed by atoms with Crippen molar-refractivity contribution in [3.05, 3.63) is 22.2 Å². The van der Waals surface area contributed by atoms with Gasteiger partial charge in [0.25, 0.3) is 0 Å². The van der Waals surface area contributed by atoms with E-state index >= 15 is 0 Å². The molecule has 6 heteroatoms. The molecule has 1 aromatic heterocycles. The lowest BCUT2D eigenvalue weighted by atomic mass is 10.4. The Balaban J connectivity index is 3.27. The first-order valence-electron chi connectivity index (χ1n) is 4.07. The predicted molar refractivity (Wildman–Crippen MR) is 57.4 cm³/mol. The molecule has 0 saturated heterocycles. The lowest BCUT2D eigenvalue weighted by Gasteiger charge is -2.09. The summed E-state index contributed by atoms with van der Waals surface area (Å²) >= 11 is 4.90. The molecule has 1 unspecified atom stereocenters. The van der Waals surface area contributed by atoms with Crippen molar-refractivity contribution in [3.8, 4) is 0 Å². The summed E-state index contributed by atoms with van der Waals surface area (Å²) in [4.78, 5) is 6.88. The number of nitrogens with zero attached hydrogens (tertiary/aromatic N) is 1. The van der Waals surface area contributed by atoms with E-state index in [-0.39, 0.29) is 0 Å². The van der Waals surface area contributed by atoms with E-state index in [1.165, 1.54) is 6.26 Å². The first-order valence-corrected chi connectivity index (χ1v) is 6.43. The number of hydrogen-bond acceptors (Lipinski definition) is 4. The first-order chi connectivity index (χ1) is 6.30. The van der Waals surface area contributed by atoms with Gasteiger partial charge in [-0.2, -0.15) is 0 Å². The van der Waals surface area contributed by atoms with Crippen LogP contribution >= 0.6 is 12.2 Å². The summed E-state index contributed by atoms with van der Waals surface area (Å²) in [6, 6.07) is 1.69. The van der Waals surface area contributed by atoms with Crippen LogP contribution < -0.4 is 0 Å². The van der Waals surface area contributed by atoms with Crippen molar-refractivity contribution < 1.29 is 8.42 Å². The zero-order valence-corrected chi connectivity index (χ0v) is 9.87. The second-order valence-corrected chi connectivity index (χ2v) is 6.04. The van der Waals surface area contributed by atoms with Crippen LogP contribution in [-0.4, -0.2) is 24.6 Å². The maximum Gasteiger partial charge on any atom is 0.157 e. The maximum atomic E-state index is 11.3. The fraction of sp³-hybridized carbons (Fsp3) is 0.500. The van der Waals surface area contributed by atoms with E-state index in [0.29, 0.717) is 10.5 Å². The molecule has 0 aliphatic heterocycles. The van der Waals surface area contributed by atoms with Gasteiger partial charge in [-0.1, -0.05) is 12.2 Å². The summed E-state index contributed by atoms with van der Waals surface area (Å²) in [5, 5.41) is -0.649. The summed E-state index contributed by atoms with van der Waals surface area (Å²) < 4.78 is 22.9. The van der Waals surface area contributed by atoms with Crippen LogP contribution in [0.25, 0.3) is 0 Å². The van der Waals surface area contributed by atoms with E-state index in [1.54, 1.807) is 13.0 Å². The molecule has 4 nitrogen and oxygen atoms in total. The van der Waals surface area contributed by atoms with Crippen LogP contribution in [0.15, 0.2) is 6.07 Å². The fourth-order valence-corrected chi connectivity index (χ4v) is 1.79. The van der Waals surface area contributed by atoms with Crippen molar-refractivity contribution in [3.63, 3.8) is 0 Å². The number of aromatic nitrogens is 2. The quantitative estimate of drug-likeness (QED) is 0.786. The van der Waals surface area contributed by atoms with Gasteiger partial charge in [-0.05, 0) is 19.9 Å². The number of nitrogens with one attached hydrogen (secondary N) is 1. The van der Waals surface area contributed by atoms with Crippen molar-refractivity contribution in [1.29, 1.82) is 0 Å². The summed E-state index contributed by atoms with van der Waals surface area (Å²) in [7, 11) is -3.13. The van der Waals surface area contributed by atoms with Gasteiger partial charge in [0.1, 0.15) is 15.7 Å². The highest BCUT2D eigenvalue weighted by Gasteiger charge is 2.19. The molecule has 0 bridgehead atoms. The Morgan fingerprint density at radius 2 is 2.14 bits per heavy atom. The van der Waals surface area contributed by atoms with Gasteiger partial charge >= 0.3 is 0 Å². The molecule has 0 spiro atoms. The molecule has 1 atom stereocenters. The van der Waals surface area contributed by atoms with Crippen LogP contribution in [-0.2, 0) is 9.84 Å². The van der Waals surface area contributed by atoms with Gasteiger partial charge in [-0.15, -0.1) is 0 Å². The number of sulfone groups is 1. The van der Waals surface area contributed by atoms with Gasteiger partial charge in [0.2, 0.25) is 0 Å². The van der Waals surface area contributed by atoms with E-state index < -0.39 is 15.1 Å². The van der Waals surface area contributed by atoms with Gasteiger partial charge in [-0.3, -0.25) is 0 Å². The molecule has 1 N–H and O–H groups in total. The molecule has 0 amide bonds. The molecule has 1 aromatic rings. The van der Waals surface area contributed by atoms with E-state index in [1.807, 2.05) is 6.92 Å². The van der Waals surface area contributed by atoms with Crippen LogP contribution in [0.2, 0.25) is 0 Å². The molecule has 1 heterocycles. The summed E-state index contributed by atoms with van der Waals surface area (Å²) in [5.74, 6) is 0.400. The average molecular weight is 232 g/mol. The molecule has 14 heavy (non-hydrogen) atoms. The van der Waals surface area contributed by atoms with Crippen LogP contribution in [0.5, 0.6) is 0 Å².